The molecular formula is C46H54. The molecule has 0 amide bonds. The van der Waals surface area contributed by atoms with E-state index in [1.54, 1.807) is 0 Å². The van der Waals surface area contributed by atoms with Gasteiger partial charge in [-0.05, 0) is 83.3 Å². The molecule has 0 atom stereocenters. The molecule has 0 heterocycles. The Morgan fingerprint density at radius 3 is 0.957 bits per heavy atom. The molecule has 0 aliphatic rings. The van der Waals surface area contributed by atoms with Crippen LogP contribution in [-0.4, -0.2) is 0 Å². The summed E-state index contributed by atoms with van der Waals surface area (Å²) in [6, 6.07) is 35.0. The average Bonchev–Trinajstić information content (AvgIpc) is 3.10. The molecule has 4 aromatic carbocycles. The van der Waals surface area contributed by atoms with Crippen molar-refractivity contribution in [1.82, 2.24) is 0 Å². The van der Waals surface area contributed by atoms with Crippen LogP contribution in [0.2, 0.25) is 0 Å². The van der Waals surface area contributed by atoms with Gasteiger partial charge in [-0.15, -0.1) is 0 Å². The summed E-state index contributed by atoms with van der Waals surface area (Å²) >= 11 is 0. The number of benzene rings is 4. The van der Waals surface area contributed by atoms with Gasteiger partial charge in [-0.3, -0.25) is 0 Å². The molecule has 0 bridgehead atoms. The van der Waals surface area contributed by atoms with Gasteiger partial charge in [0.05, 0.1) is 0 Å². The maximum absolute atomic E-state index is 3.32. The van der Waals surface area contributed by atoms with E-state index < -0.39 is 0 Å². The maximum Gasteiger partial charge on any atom is 0.0249 e. The lowest BCUT2D eigenvalue weighted by Crippen LogP contribution is -1.86. The van der Waals surface area contributed by atoms with Gasteiger partial charge in [-0.1, -0.05) is 187 Å². The molecule has 46 heavy (non-hydrogen) atoms. The lowest BCUT2D eigenvalue weighted by atomic mass is 10.0. The molecule has 0 saturated carbocycles. The molecule has 0 N–H and O–H groups in total. The molecule has 4 rings (SSSR count). The number of unbranched alkanes of at least 4 members (excludes halogenated alkanes) is 10. The van der Waals surface area contributed by atoms with Crippen LogP contribution in [-0.2, 0) is 12.8 Å². The fourth-order valence-corrected chi connectivity index (χ4v) is 5.69. The first kappa shape index (κ1) is 34.8. The summed E-state index contributed by atoms with van der Waals surface area (Å²) in [5.74, 6) is 6.63. The van der Waals surface area contributed by atoms with Gasteiger partial charge in [-0.25, -0.2) is 0 Å². The van der Waals surface area contributed by atoms with Gasteiger partial charge in [0.2, 0.25) is 0 Å². The van der Waals surface area contributed by atoms with Crippen LogP contribution in [0.25, 0.3) is 24.3 Å². The fraction of sp³-hybridized carbons (Fsp3) is 0.348. The number of hydrogen-bond donors (Lipinski definition) is 0. The summed E-state index contributed by atoms with van der Waals surface area (Å²) in [5, 5.41) is 0. The molecular weight excluding hydrogens is 553 g/mol. The zero-order valence-corrected chi connectivity index (χ0v) is 28.4. The molecule has 0 aliphatic carbocycles. The van der Waals surface area contributed by atoms with Crippen LogP contribution in [0.4, 0.5) is 0 Å². The van der Waals surface area contributed by atoms with Crippen molar-refractivity contribution in [1.29, 1.82) is 0 Å². The van der Waals surface area contributed by atoms with Gasteiger partial charge in [0, 0.05) is 11.1 Å². The number of aryl methyl sites for hydroxylation is 2. The van der Waals surface area contributed by atoms with Gasteiger partial charge in [0.1, 0.15) is 0 Å². The highest BCUT2D eigenvalue weighted by Crippen LogP contribution is 2.16. The monoisotopic (exact) mass is 606 g/mol. The van der Waals surface area contributed by atoms with Crippen molar-refractivity contribution in [2.24, 2.45) is 0 Å². The molecule has 0 aliphatic heterocycles. The molecule has 0 radical (unpaired) electrons. The highest BCUT2D eigenvalue weighted by Gasteiger charge is 1.97. The summed E-state index contributed by atoms with van der Waals surface area (Å²) < 4.78 is 0. The van der Waals surface area contributed by atoms with Gasteiger partial charge in [0.15, 0.2) is 0 Å². The van der Waals surface area contributed by atoms with E-state index in [2.05, 4.69) is 147 Å². The van der Waals surface area contributed by atoms with E-state index in [1.807, 2.05) is 0 Å². The van der Waals surface area contributed by atoms with Crippen LogP contribution in [0.3, 0.4) is 0 Å². The largest absolute Gasteiger partial charge is 0.0654 e. The SMILES string of the molecule is CCCCCCCCc1ccc(C=Cc2ccc(C#Cc3ccc(C=Cc4ccc(CCCCCCCC)cc4)cc3)cc2)cc1. The second kappa shape index (κ2) is 20.9. The van der Waals surface area contributed by atoms with Crippen molar-refractivity contribution in [3.63, 3.8) is 0 Å². The first-order valence-corrected chi connectivity index (χ1v) is 18.0. The Balaban J connectivity index is 1.20. The van der Waals surface area contributed by atoms with Crippen molar-refractivity contribution < 1.29 is 0 Å². The van der Waals surface area contributed by atoms with Gasteiger partial charge < -0.3 is 0 Å². The van der Waals surface area contributed by atoms with Crippen molar-refractivity contribution in [2.45, 2.75) is 104 Å². The molecule has 0 saturated heterocycles. The van der Waals surface area contributed by atoms with Gasteiger partial charge >= 0.3 is 0 Å². The third-order valence-electron chi connectivity index (χ3n) is 8.71. The van der Waals surface area contributed by atoms with E-state index in [0.717, 1.165) is 11.1 Å². The van der Waals surface area contributed by atoms with Crippen molar-refractivity contribution in [3.8, 4) is 11.8 Å². The minimum atomic E-state index is 1.03. The summed E-state index contributed by atoms with van der Waals surface area (Å²) in [5.41, 5.74) is 9.80. The number of rotatable bonds is 18. The molecule has 0 unspecified atom stereocenters. The third kappa shape index (κ3) is 13.5. The first-order chi connectivity index (χ1) is 22.7. The highest BCUT2D eigenvalue weighted by atomic mass is 14.0. The van der Waals surface area contributed by atoms with Crippen LogP contribution in [0.1, 0.15) is 135 Å². The lowest BCUT2D eigenvalue weighted by molar-refractivity contribution is 0.607. The molecule has 0 nitrogen and oxygen atoms in total. The fourth-order valence-electron chi connectivity index (χ4n) is 5.69. The summed E-state index contributed by atoms with van der Waals surface area (Å²) in [6.07, 6.45) is 27.3. The average molecular weight is 607 g/mol. The molecule has 0 fully saturated rings. The van der Waals surface area contributed by atoms with Crippen LogP contribution in [0, 0.1) is 11.8 Å². The zero-order chi connectivity index (χ0) is 32.1. The molecule has 4 aromatic rings. The Bertz CT molecular complexity index is 1380. The summed E-state index contributed by atoms with van der Waals surface area (Å²) in [6.45, 7) is 4.55. The Labute approximate surface area is 280 Å². The van der Waals surface area contributed by atoms with E-state index >= 15 is 0 Å². The molecule has 0 spiro atoms. The topological polar surface area (TPSA) is 0 Å². The quantitative estimate of drug-likeness (QED) is 0.0600. The van der Waals surface area contributed by atoms with E-state index in [4.69, 9.17) is 0 Å². The van der Waals surface area contributed by atoms with Crippen LogP contribution >= 0.6 is 0 Å². The highest BCUT2D eigenvalue weighted by molar-refractivity contribution is 5.71. The van der Waals surface area contributed by atoms with Crippen LogP contribution in [0.15, 0.2) is 97.1 Å². The predicted molar refractivity (Wildman–Crippen MR) is 204 cm³/mol. The van der Waals surface area contributed by atoms with E-state index in [-0.39, 0.29) is 0 Å². The Kier molecular flexibility index (Phi) is 15.8. The Morgan fingerprint density at radius 2 is 0.630 bits per heavy atom. The van der Waals surface area contributed by atoms with E-state index in [1.165, 1.54) is 123 Å². The van der Waals surface area contributed by atoms with E-state index in [0.29, 0.717) is 0 Å². The second-order valence-corrected chi connectivity index (χ2v) is 12.7. The Morgan fingerprint density at radius 1 is 0.348 bits per heavy atom. The van der Waals surface area contributed by atoms with E-state index in [9.17, 15) is 0 Å². The minimum Gasteiger partial charge on any atom is -0.0654 e. The maximum atomic E-state index is 3.32. The normalized spacial score (nSPS) is 11.3. The van der Waals surface area contributed by atoms with Crippen LogP contribution < -0.4 is 0 Å². The molecule has 0 heteroatoms. The predicted octanol–water partition coefficient (Wildman–Crippen LogP) is 13.2. The summed E-state index contributed by atoms with van der Waals surface area (Å²) in [4.78, 5) is 0. The Hall–Kier alpha value is -4.08. The smallest absolute Gasteiger partial charge is 0.0249 e. The lowest BCUT2D eigenvalue weighted by Gasteiger charge is -2.03. The van der Waals surface area contributed by atoms with Crippen LogP contribution in [0.5, 0.6) is 0 Å². The van der Waals surface area contributed by atoms with Crippen molar-refractivity contribution in [2.75, 3.05) is 0 Å². The van der Waals surface area contributed by atoms with Gasteiger partial charge in [0.25, 0.3) is 0 Å². The van der Waals surface area contributed by atoms with Crippen molar-refractivity contribution >= 4 is 24.3 Å². The number of hydrogen-bond acceptors (Lipinski definition) is 0. The minimum absolute atomic E-state index is 1.03. The standard InChI is InChI=1S/C46H54/c1-3-5-7-9-11-13-15-39-17-21-41(22-18-39)25-27-43-29-33-45(34-30-43)37-38-46-35-31-44(32-36-46)28-26-42-23-19-40(20-24-42)16-14-12-10-8-6-4-2/h17-36H,3-16H2,1-2H3. The first-order valence-electron chi connectivity index (χ1n) is 18.0. The van der Waals surface area contributed by atoms with Crippen molar-refractivity contribution in [3.05, 3.63) is 142 Å². The zero-order valence-electron chi connectivity index (χ0n) is 28.4. The summed E-state index contributed by atoms with van der Waals surface area (Å²) in [7, 11) is 0. The second-order valence-electron chi connectivity index (χ2n) is 12.7. The molecule has 238 valence electrons. The van der Waals surface area contributed by atoms with Gasteiger partial charge in [-0.2, -0.15) is 0 Å². The molecule has 0 aromatic heterocycles. The third-order valence-corrected chi connectivity index (χ3v) is 8.71.